The Morgan fingerprint density at radius 3 is 2.78 bits per heavy atom. The molecule has 3 N–H and O–H groups in total. The van der Waals surface area contributed by atoms with Crippen LogP contribution in [0.2, 0.25) is 5.02 Å². The van der Waals surface area contributed by atoms with Gasteiger partial charge in [0.25, 0.3) is 5.91 Å². The smallest absolute Gasteiger partial charge is 0.253 e. The lowest BCUT2D eigenvalue weighted by molar-refractivity contribution is 0.0293. The standard InChI is InChI=1S/C19H16ClFN4O2/c20-10-2-15(14-8-23-25-16(14)3-10)19(27)4-12-13(5-19)17(12)24-18(26)9-1-11(21)7-22-6-9/h1-3,6-8,12-13,17,27H,4-5H2,(H,23,25)(H,24,26)/t12-,13+,17?,19+. The van der Waals surface area contributed by atoms with Crippen LogP contribution in [0.15, 0.2) is 36.8 Å². The number of nitrogens with one attached hydrogen (secondary N) is 2. The molecule has 2 saturated carbocycles. The first-order chi connectivity index (χ1) is 12.9. The van der Waals surface area contributed by atoms with Gasteiger partial charge in [-0.25, -0.2) is 4.39 Å². The summed E-state index contributed by atoms with van der Waals surface area (Å²) in [5, 5.41) is 22.5. The summed E-state index contributed by atoms with van der Waals surface area (Å²) in [5.74, 6) is -0.522. The van der Waals surface area contributed by atoms with Crippen LogP contribution < -0.4 is 5.32 Å². The number of pyridine rings is 1. The summed E-state index contributed by atoms with van der Waals surface area (Å²) in [6.45, 7) is 0. The third-order valence-corrected chi connectivity index (χ3v) is 5.99. The molecule has 138 valence electrons. The molecule has 1 unspecified atom stereocenters. The van der Waals surface area contributed by atoms with Crippen LogP contribution in [0.1, 0.15) is 28.8 Å². The van der Waals surface area contributed by atoms with Gasteiger partial charge in [-0.05, 0) is 48.4 Å². The topological polar surface area (TPSA) is 90.9 Å². The number of halogens is 2. The average molecular weight is 387 g/mol. The highest BCUT2D eigenvalue weighted by molar-refractivity contribution is 6.31. The molecule has 2 heterocycles. The number of amides is 1. The molecule has 8 heteroatoms. The van der Waals surface area contributed by atoms with E-state index in [2.05, 4.69) is 20.5 Å². The minimum Gasteiger partial charge on any atom is -0.385 e. The highest BCUT2D eigenvalue weighted by atomic mass is 35.5. The molecule has 27 heavy (non-hydrogen) atoms. The van der Waals surface area contributed by atoms with E-state index in [4.69, 9.17) is 11.6 Å². The van der Waals surface area contributed by atoms with Gasteiger partial charge in [0.2, 0.25) is 0 Å². The fourth-order valence-corrected chi connectivity index (χ4v) is 4.69. The maximum Gasteiger partial charge on any atom is 0.253 e. The summed E-state index contributed by atoms with van der Waals surface area (Å²) in [7, 11) is 0. The summed E-state index contributed by atoms with van der Waals surface area (Å²) in [6, 6.07) is 4.72. The van der Waals surface area contributed by atoms with E-state index in [9.17, 15) is 14.3 Å². The van der Waals surface area contributed by atoms with Crippen LogP contribution in [0, 0.1) is 17.7 Å². The lowest BCUT2D eigenvalue weighted by atomic mass is 9.86. The quantitative estimate of drug-likeness (QED) is 0.645. The first kappa shape index (κ1) is 16.6. The van der Waals surface area contributed by atoms with Crippen molar-refractivity contribution in [2.24, 2.45) is 11.8 Å². The number of hydrogen-bond acceptors (Lipinski definition) is 4. The number of carbonyl (C=O) groups is 1. The summed E-state index contributed by atoms with van der Waals surface area (Å²) < 4.78 is 13.2. The van der Waals surface area contributed by atoms with Gasteiger partial charge >= 0.3 is 0 Å². The first-order valence-corrected chi connectivity index (χ1v) is 9.09. The molecule has 2 aromatic heterocycles. The SMILES string of the molecule is O=C(NC1[C@H]2C[C@](O)(c3cc(Cl)cc4[nH]ncc34)C[C@@H]12)c1cncc(F)c1. The van der Waals surface area contributed by atoms with Crippen molar-refractivity contribution in [2.75, 3.05) is 0 Å². The molecule has 0 bridgehead atoms. The summed E-state index contributed by atoms with van der Waals surface area (Å²) in [4.78, 5) is 16.0. The van der Waals surface area contributed by atoms with Crippen LogP contribution in [-0.2, 0) is 5.60 Å². The molecule has 5 rings (SSSR count). The van der Waals surface area contributed by atoms with Crippen molar-refractivity contribution in [3.8, 4) is 0 Å². The van der Waals surface area contributed by atoms with Crippen molar-refractivity contribution in [3.05, 3.63) is 58.8 Å². The molecule has 3 aromatic rings. The van der Waals surface area contributed by atoms with E-state index in [1.807, 2.05) is 0 Å². The normalized spacial score (nSPS) is 28.9. The van der Waals surface area contributed by atoms with Gasteiger partial charge in [0, 0.05) is 22.6 Å². The fourth-order valence-electron chi connectivity index (χ4n) is 4.47. The molecule has 2 aliphatic rings. The number of fused-ring (bicyclic) bond motifs is 2. The number of rotatable bonds is 3. The zero-order chi connectivity index (χ0) is 18.8. The van der Waals surface area contributed by atoms with Crippen molar-refractivity contribution in [2.45, 2.75) is 24.5 Å². The van der Waals surface area contributed by atoms with Crippen LogP contribution in [0.3, 0.4) is 0 Å². The lowest BCUT2D eigenvalue weighted by Crippen LogP contribution is -2.33. The molecule has 1 amide bonds. The number of benzene rings is 1. The molecule has 4 atom stereocenters. The molecule has 1 aromatic carbocycles. The summed E-state index contributed by atoms with van der Waals surface area (Å²) in [6.07, 6.45) is 5.16. The van der Waals surface area contributed by atoms with Crippen molar-refractivity contribution in [1.82, 2.24) is 20.5 Å². The van der Waals surface area contributed by atoms with E-state index >= 15 is 0 Å². The third-order valence-electron chi connectivity index (χ3n) is 5.77. The van der Waals surface area contributed by atoms with Crippen molar-refractivity contribution < 1.29 is 14.3 Å². The minimum absolute atomic E-state index is 0.0138. The molecule has 2 fully saturated rings. The zero-order valence-corrected chi connectivity index (χ0v) is 14.9. The van der Waals surface area contributed by atoms with E-state index < -0.39 is 11.4 Å². The molecular formula is C19H16ClFN4O2. The van der Waals surface area contributed by atoms with E-state index in [0.717, 1.165) is 22.7 Å². The number of hydrogen-bond donors (Lipinski definition) is 3. The zero-order valence-electron chi connectivity index (χ0n) is 14.1. The Bertz CT molecular complexity index is 1060. The molecule has 0 aliphatic heterocycles. The molecule has 0 radical (unpaired) electrons. The van der Waals surface area contributed by atoms with E-state index in [1.165, 1.54) is 12.3 Å². The van der Waals surface area contributed by atoms with Crippen molar-refractivity contribution in [1.29, 1.82) is 0 Å². The maximum atomic E-state index is 13.2. The van der Waals surface area contributed by atoms with Gasteiger partial charge in [0.15, 0.2) is 0 Å². The minimum atomic E-state index is -0.996. The molecule has 0 saturated heterocycles. The number of aromatic amines is 1. The van der Waals surface area contributed by atoms with Gasteiger partial charge in [-0.15, -0.1) is 0 Å². The maximum absolute atomic E-state index is 13.2. The Morgan fingerprint density at radius 1 is 1.26 bits per heavy atom. The van der Waals surface area contributed by atoms with Crippen LogP contribution in [0.5, 0.6) is 0 Å². The summed E-state index contributed by atoms with van der Waals surface area (Å²) >= 11 is 6.19. The highest BCUT2D eigenvalue weighted by Gasteiger charge is 2.62. The monoisotopic (exact) mass is 386 g/mol. The number of aliphatic hydroxyl groups is 1. The second kappa shape index (κ2) is 5.74. The average Bonchev–Trinajstić information content (AvgIpc) is 3.01. The van der Waals surface area contributed by atoms with Crippen LogP contribution in [-0.4, -0.2) is 32.2 Å². The Labute approximate surface area is 158 Å². The molecule has 0 spiro atoms. The number of carbonyl (C=O) groups excluding carboxylic acids is 1. The molecule has 6 nitrogen and oxygen atoms in total. The number of aromatic nitrogens is 3. The predicted octanol–water partition coefficient (Wildman–Crippen LogP) is 2.78. The molecular weight excluding hydrogens is 371 g/mol. The van der Waals surface area contributed by atoms with Crippen LogP contribution in [0.4, 0.5) is 4.39 Å². The second-order valence-electron chi connectivity index (χ2n) is 7.44. The number of nitrogens with zero attached hydrogens (tertiary/aromatic N) is 2. The van der Waals surface area contributed by atoms with Crippen LogP contribution >= 0.6 is 11.6 Å². The highest BCUT2D eigenvalue weighted by Crippen LogP contribution is 2.60. The number of H-pyrrole nitrogens is 1. The van der Waals surface area contributed by atoms with E-state index in [-0.39, 0.29) is 29.3 Å². The van der Waals surface area contributed by atoms with E-state index in [0.29, 0.717) is 17.9 Å². The van der Waals surface area contributed by atoms with Crippen molar-refractivity contribution >= 4 is 28.4 Å². The third kappa shape index (κ3) is 2.69. The largest absolute Gasteiger partial charge is 0.385 e. The first-order valence-electron chi connectivity index (χ1n) is 8.71. The van der Waals surface area contributed by atoms with E-state index in [1.54, 1.807) is 18.3 Å². The predicted molar refractivity (Wildman–Crippen MR) is 96.7 cm³/mol. The van der Waals surface area contributed by atoms with Crippen LogP contribution in [0.25, 0.3) is 10.9 Å². The van der Waals surface area contributed by atoms with Gasteiger partial charge in [0.05, 0.1) is 29.1 Å². The van der Waals surface area contributed by atoms with Gasteiger partial charge < -0.3 is 10.4 Å². The Morgan fingerprint density at radius 2 is 2.04 bits per heavy atom. The Balaban J connectivity index is 1.33. The Hall–Kier alpha value is -2.51. The van der Waals surface area contributed by atoms with Gasteiger partial charge in [-0.1, -0.05) is 11.6 Å². The summed E-state index contributed by atoms with van der Waals surface area (Å²) in [5.41, 5.74) is 0.759. The van der Waals surface area contributed by atoms with Gasteiger partial charge in [0.1, 0.15) is 5.82 Å². The molecule has 2 aliphatic carbocycles. The Kier molecular flexibility index (Phi) is 3.54. The van der Waals surface area contributed by atoms with Gasteiger partial charge in [-0.2, -0.15) is 5.10 Å². The second-order valence-corrected chi connectivity index (χ2v) is 7.88. The fraction of sp³-hybridized carbons (Fsp3) is 0.316. The van der Waals surface area contributed by atoms with Crippen molar-refractivity contribution in [3.63, 3.8) is 0 Å². The lowest BCUT2D eigenvalue weighted by Gasteiger charge is -2.27. The van der Waals surface area contributed by atoms with Gasteiger partial charge in [-0.3, -0.25) is 14.9 Å².